The van der Waals surface area contributed by atoms with E-state index < -0.39 is 0 Å². The topological polar surface area (TPSA) is 58.4 Å². The number of carbonyl (C=O) groups excluding carboxylic acids is 1. The van der Waals surface area contributed by atoms with Crippen LogP contribution in [0.1, 0.15) is 33.1 Å². The van der Waals surface area contributed by atoms with Crippen molar-refractivity contribution in [2.45, 2.75) is 33.1 Å². The van der Waals surface area contributed by atoms with Crippen LogP contribution in [0.4, 0.5) is 0 Å². The van der Waals surface area contributed by atoms with Crippen LogP contribution in [-0.4, -0.2) is 43.5 Å². The van der Waals surface area contributed by atoms with Gasteiger partial charge in [0.2, 0.25) is 5.91 Å². The van der Waals surface area contributed by atoms with E-state index in [1.807, 2.05) is 0 Å². The fourth-order valence-corrected chi connectivity index (χ4v) is 1.94. The molecule has 0 aromatic heterocycles. The predicted molar refractivity (Wildman–Crippen MR) is 66.1 cm³/mol. The van der Waals surface area contributed by atoms with Gasteiger partial charge in [0.1, 0.15) is 0 Å². The average Bonchev–Trinajstić information content (AvgIpc) is 2.43. The van der Waals surface area contributed by atoms with Crippen LogP contribution < -0.4 is 11.1 Å². The average molecular weight is 227 g/mol. The van der Waals surface area contributed by atoms with Crippen molar-refractivity contribution < 1.29 is 4.79 Å². The summed E-state index contributed by atoms with van der Waals surface area (Å²) in [5.74, 6) is 0.163. The molecule has 1 aliphatic heterocycles. The van der Waals surface area contributed by atoms with Gasteiger partial charge in [-0.2, -0.15) is 0 Å². The molecular formula is C12H25N3O. The molecule has 16 heavy (non-hydrogen) atoms. The summed E-state index contributed by atoms with van der Waals surface area (Å²) in [4.78, 5) is 13.6. The van der Waals surface area contributed by atoms with Gasteiger partial charge in [-0.3, -0.25) is 9.69 Å². The Hall–Kier alpha value is -0.610. The maximum Gasteiger partial charge on any atom is 0.234 e. The number of nitrogens with zero attached hydrogens (tertiary/aromatic N) is 1. The zero-order chi connectivity index (χ0) is 12.0. The summed E-state index contributed by atoms with van der Waals surface area (Å²) < 4.78 is 0. The van der Waals surface area contributed by atoms with E-state index in [1.165, 1.54) is 0 Å². The van der Waals surface area contributed by atoms with E-state index in [0.29, 0.717) is 6.54 Å². The second-order valence-electron chi connectivity index (χ2n) is 5.45. The van der Waals surface area contributed by atoms with Crippen molar-refractivity contribution in [1.29, 1.82) is 0 Å². The molecule has 0 aromatic carbocycles. The fourth-order valence-electron chi connectivity index (χ4n) is 1.94. The molecule has 4 nitrogen and oxygen atoms in total. The Morgan fingerprint density at radius 2 is 2.25 bits per heavy atom. The van der Waals surface area contributed by atoms with Crippen molar-refractivity contribution in [3.8, 4) is 0 Å². The van der Waals surface area contributed by atoms with Gasteiger partial charge in [0, 0.05) is 13.1 Å². The molecule has 0 unspecified atom stereocenters. The molecule has 1 heterocycles. The summed E-state index contributed by atoms with van der Waals surface area (Å²) in [5.41, 5.74) is 5.93. The molecule has 3 N–H and O–H groups in total. The van der Waals surface area contributed by atoms with Crippen molar-refractivity contribution in [2.24, 2.45) is 11.1 Å². The third-order valence-corrected chi connectivity index (χ3v) is 3.22. The molecule has 0 bridgehead atoms. The van der Waals surface area contributed by atoms with Crippen molar-refractivity contribution in [2.75, 3.05) is 32.7 Å². The van der Waals surface area contributed by atoms with Gasteiger partial charge in [-0.25, -0.2) is 0 Å². The first kappa shape index (κ1) is 13.5. The lowest BCUT2D eigenvalue weighted by Crippen LogP contribution is -2.34. The molecule has 0 spiro atoms. The zero-order valence-corrected chi connectivity index (χ0v) is 10.6. The minimum Gasteiger partial charge on any atom is -0.355 e. The van der Waals surface area contributed by atoms with Gasteiger partial charge < -0.3 is 11.1 Å². The maximum atomic E-state index is 11.3. The fraction of sp³-hybridized carbons (Fsp3) is 0.917. The Labute approximate surface area is 98.6 Å². The first-order valence-electron chi connectivity index (χ1n) is 6.23. The predicted octanol–water partition coefficient (Wildman–Crippen LogP) is 0.573. The molecule has 1 rings (SSSR count). The van der Waals surface area contributed by atoms with Gasteiger partial charge in [0.25, 0.3) is 0 Å². The van der Waals surface area contributed by atoms with Crippen LogP contribution in [-0.2, 0) is 4.79 Å². The van der Waals surface area contributed by atoms with Gasteiger partial charge in [0.05, 0.1) is 6.54 Å². The Balaban J connectivity index is 2.23. The number of carbonyl (C=O) groups is 1. The van der Waals surface area contributed by atoms with Gasteiger partial charge in [-0.05, 0) is 37.8 Å². The summed E-state index contributed by atoms with van der Waals surface area (Å²) in [5, 5.41) is 2.89. The molecule has 0 atom stereocenters. The van der Waals surface area contributed by atoms with Crippen LogP contribution in [0.25, 0.3) is 0 Å². The lowest BCUT2D eigenvalue weighted by Gasteiger charge is -2.24. The van der Waals surface area contributed by atoms with Gasteiger partial charge in [-0.15, -0.1) is 0 Å². The van der Waals surface area contributed by atoms with Crippen LogP contribution in [0, 0.1) is 5.41 Å². The molecule has 1 saturated heterocycles. The van der Waals surface area contributed by atoms with Crippen LogP contribution >= 0.6 is 0 Å². The lowest BCUT2D eigenvalue weighted by molar-refractivity contribution is -0.121. The minimum atomic E-state index is 0.163. The molecule has 0 aliphatic carbocycles. The number of amides is 1. The maximum absolute atomic E-state index is 11.3. The van der Waals surface area contributed by atoms with E-state index in [4.69, 9.17) is 5.73 Å². The summed E-state index contributed by atoms with van der Waals surface area (Å²) in [6.07, 6.45) is 3.31. The zero-order valence-electron chi connectivity index (χ0n) is 10.6. The lowest BCUT2D eigenvalue weighted by atomic mass is 9.88. The summed E-state index contributed by atoms with van der Waals surface area (Å²) in [7, 11) is 0. The quantitative estimate of drug-likeness (QED) is 0.722. The molecule has 0 aromatic rings. The molecule has 94 valence electrons. The Morgan fingerprint density at radius 3 is 2.94 bits per heavy atom. The largest absolute Gasteiger partial charge is 0.355 e. The van der Waals surface area contributed by atoms with E-state index in [-0.39, 0.29) is 11.3 Å². The highest BCUT2D eigenvalue weighted by Gasteiger charge is 2.17. The van der Waals surface area contributed by atoms with Crippen LogP contribution in [0.15, 0.2) is 0 Å². The number of hydrogen-bond acceptors (Lipinski definition) is 3. The van der Waals surface area contributed by atoms with Crippen molar-refractivity contribution in [3.05, 3.63) is 0 Å². The van der Waals surface area contributed by atoms with Crippen LogP contribution in [0.5, 0.6) is 0 Å². The van der Waals surface area contributed by atoms with E-state index >= 15 is 0 Å². The van der Waals surface area contributed by atoms with Gasteiger partial charge >= 0.3 is 0 Å². The molecule has 1 amide bonds. The first-order chi connectivity index (χ1) is 7.53. The van der Waals surface area contributed by atoms with E-state index in [2.05, 4.69) is 24.1 Å². The van der Waals surface area contributed by atoms with Crippen LogP contribution in [0.2, 0.25) is 0 Å². The van der Waals surface area contributed by atoms with E-state index in [9.17, 15) is 4.79 Å². The summed E-state index contributed by atoms with van der Waals surface area (Å²) >= 11 is 0. The van der Waals surface area contributed by atoms with Crippen molar-refractivity contribution in [3.63, 3.8) is 0 Å². The Kier molecular flexibility index (Phi) is 5.22. The highest BCUT2D eigenvalue weighted by atomic mass is 16.2. The SMILES string of the molecule is CC(C)(CN)CCCN1CCCNC(=O)C1. The third-order valence-electron chi connectivity index (χ3n) is 3.22. The van der Waals surface area contributed by atoms with Gasteiger partial charge in [-0.1, -0.05) is 13.8 Å². The Morgan fingerprint density at radius 1 is 1.50 bits per heavy atom. The van der Waals surface area contributed by atoms with Crippen LogP contribution in [0.3, 0.4) is 0 Å². The second kappa shape index (κ2) is 6.21. The molecule has 1 fully saturated rings. The number of nitrogens with one attached hydrogen (secondary N) is 1. The highest BCUT2D eigenvalue weighted by Crippen LogP contribution is 2.20. The highest BCUT2D eigenvalue weighted by molar-refractivity contribution is 5.78. The molecule has 0 saturated carbocycles. The first-order valence-corrected chi connectivity index (χ1v) is 6.23. The third kappa shape index (κ3) is 4.94. The number of hydrogen-bond donors (Lipinski definition) is 2. The Bertz CT molecular complexity index is 228. The smallest absolute Gasteiger partial charge is 0.234 e. The summed E-state index contributed by atoms with van der Waals surface area (Å²) in [6, 6.07) is 0. The standard InChI is InChI=1S/C12H25N3O/c1-12(2,10-13)5-3-7-15-8-4-6-14-11(16)9-15/h3-10,13H2,1-2H3,(H,14,16). The summed E-state index contributed by atoms with van der Waals surface area (Å²) in [6.45, 7) is 8.54. The number of rotatable bonds is 5. The van der Waals surface area contributed by atoms with E-state index in [1.54, 1.807) is 0 Å². The monoisotopic (exact) mass is 227 g/mol. The second-order valence-corrected chi connectivity index (χ2v) is 5.45. The van der Waals surface area contributed by atoms with E-state index in [0.717, 1.165) is 45.4 Å². The number of nitrogens with two attached hydrogens (primary N) is 1. The molecule has 4 heteroatoms. The molecule has 1 aliphatic rings. The van der Waals surface area contributed by atoms with Crippen molar-refractivity contribution in [1.82, 2.24) is 10.2 Å². The molecular weight excluding hydrogens is 202 g/mol. The van der Waals surface area contributed by atoms with Crippen molar-refractivity contribution >= 4 is 5.91 Å². The minimum absolute atomic E-state index is 0.163. The normalized spacial score (nSPS) is 19.3. The molecule has 0 radical (unpaired) electrons. The van der Waals surface area contributed by atoms with Gasteiger partial charge in [0.15, 0.2) is 0 Å².